The van der Waals surface area contributed by atoms with Gasteiger partial charge in [-0.1, -0.05) is 12.1 Å². The topological polar surface area (TPSA) is 87.2 Å². The van der Waals surface area contributed by atoms with Crippen molar-refractivity contribution in [2.75, 3.05) is 51.8 Å². The van der Waals surface area contributed by atoms with Crippen molar-refractivity contribution in [1.29, 1.82) is 0 Å². The summed E-state index contributed by atoms with van der Waals surface area (Å²) in [5, 5.41) is 9.39. The number of anilines is 1. The third-order valence-electron chi connectivity index (χ3n) is 4.71. The molecule has 1 aromatic carbocycles. The van der Waals surface area contributed by atoms with Crippen molar-refractivity contribution in [2.24, 2.45) is 4.99 Å². The number of guanidine groups is 1. The van der Waals surface area contributed by atoms with Crippen LogP contribution in [0, 0.1) is 0 Å². The minimum absolute atomic E-state index is 0.0151. The van der Waals surface area contributed by atoms with Crippen molar-refractivity contribution in [2.45, 2.75) is 32.9 Å². The molecule has 1 saturated heterocycles. The molecule has 28 heavy (non-hydrogen) atoms. The van der Waals surface area contributed by atoms with Crippen LogP contribution in [0.25, 0.3) is 0 Å². The minimum Gasteiger partial charge on any atom is -0.453 e. The molecule has 0 spiro atoms. The quantitative estimate of drug-likeness (QED) is 0.487. The molecule has 1 aliphatic heterocycles. The van der Waals surface area contributed by atoms with E-state index in [0.29, 0.717) is 12.2 Å². The van der Waals surface area contributed by atoms with E-state index in [2.05, 4.69) is 51.4 Å². The van der Waals surface area contributed by atoms with Gasteiger partial charge in [0, 0.05) is 37.4 Å². The molecule has 0 atom stereocenters. The number of rotatable bonds is 7. The number of amides is 1. The van der Waals surface area contributed by atoms with Crippen LogP contribution < -0.4 is 16.0 Å². The number of morpholine rings is 1. The first kappa shape index (κ1) is 22.0. The van der Waals surface area contributed by atoms with Crippen molar-refractivity contribution in [3.8, 4) is 0 Å². The standard InChI is InChI=1S/C20H33N5O3/c1-5-21-18(23-15-20(2,3)25-10-12-28-13-11-25)22-14-16-6-8-17(9-7-16)24-19(26)27-4/h6-9H,5,10-15H2,1-4H3,(H,24,26)(H2,21,22,23). The van der Waals surface area contributed by atoms with E-state index in [1.54, 1.807) is 0 Å². The fraction of sp³-hybridized carbons (Fsp3) is 0.600. The molecule has 0 bridgehead atoms. The zero-order valence-corrected chi connectivity index (χ0v) is 17.4. The summed E-state index contributed by atoms with van der Waals surface area (Å²) in [6.07, 6.45) is -0.479. The van der Waals surface area contributed by atoms with Crippen LogP contribution in [0.3, 0.4) is 0 Å². The normalized spacial score (nSPS) is 15.8. The van der Waals surface area contributed by atoms with Gasteiger partial charge in [0.2, 0.25) is 0 Å². The van der Waals surface area contributed by atoms with Gasteiger partial charge < -0.3 is 20.1 Å². The first-order valence-electron chi connectivity index (χ1n) is 9.73. The van der Waals surface area contributed by atoms with Gasteiger partial charge in [0.1, 0.15) is 0 Å². The molecular weight excluding hydrogens is 358 g/mol. The Morgan fingerprint density at radius 1 is 1.21 bits per heavy atom. The molecular formula is C20H33N5O3. The number of hydrogen-bond acceptors (Lipinski definition) is 5. The maximum absolute atomic E-state index is 11.2. The van der Waals surface area contributed by atoms with Crippen LogP contribution in [0.4, 0.5) is 10.5 Å². The predicted molar refractivity (Wildman–Crippen MR) is 112 cm³/mol. The predicted octanol–water partition coefficient (Wildman–Crippen LogP) is 2.03. The molecule has 8 heteroatoms. The SMILES string of the molecule is CCNC(=NCc1ccc(NC(=O)OC)cc1)NCC(C)(C)N1CCOCC1. The molecule has 1 aliphatic rings. The van der Waals surface area contributed by atoms with E-state index in [1.807, 2.05) is 24.3 Å². The van der Waals surface area contributed by atoms with Gasteiger partial charge in [-0.25, -0.2) is 9.79 Å². The average Bonchev–Trinajstić information content (AvgIpc) is 2.71. The van der Waals surface area contributed by atoms with Crippen LogP contribution in [0.5, 0.6) is 0 Å². The summed E-state index contributed by atoms with van der Waals surface area (Å²) in [5.74, 6) is 0.792. The number of nitrogens with zero attached hydrogens (tertiary/aromatic N) is 2. The molecule has 8 nitrogen and oxygen atoms in total. The summed E-state index contributed by atoms with van der Waals surface area (Å²) in [5.41, 5.74) is 1.76. The Morgan fingerprint density at radius 3 is 2.50 bits per heavy atom. The van der Waals surface area contributed by atoms with Gasteiger partial charge in [0.15, 0.2) is 5.96 Å². The Balaban J connectivity index is 1.91. The Bertz CT molecular complexity index is 640. The van der Waals surface area contributed by atoms with Gasteiger partial charge in [0.05, 0.1) is 26.9 Å². The molecule has 0 aliphatic carbocycles. The molecule has 1 amide bonds. The molecule has 1 heterocycles. The van der Waals surface area contributed by atoms with Gasteiger partial charge in [-0.2, -0.15) is 0 Å². The van der Waals surface area contributed by atoms with Crippen molar-refractivity contribution in [3.63, 3.8) is 0 Å². The Morgan fingerprint density at radius 2 is 1.89 bits per heavy atom. The third-order valence-corrected chi connectivity index (χ3v) is 4.71. The van der Waals surface area contributed by atoms with E-state index in [1.165, 1.54) is 7.11 Å². The molecule has 0 unspecified atom stereocenters. The second kappa shape index (κ2) is 10.9. The van der Waals surface area contributed by atoms with Crippen LogP contribution in [0.1, 0.15) is 26.3 Å². The van der Waals surface area contributed by atoms with Crippen LogP contribution >= 0.6 is 0 Å². The lowest BCUT2D eigenvalue weighted by Gasteiger charge is -2.41. The van der Waals surface area contributed by atoms with E-state index in [4.69, 9.17) is 4.74 Å². The summed E-state index contributed by atoms with van der Waals surface area (Å²) in [6, 6.07) is 7.55. The number of aliphatic imine (C=N–C) groups is 1. The number of hydrogen-bond donors (Lipinski definition) is 3. The number of nitrogens with one attached hydrogen (secondary N) is 3. The first-order valence-corrected chi connectivity index (χ1v) is 9.73. The molecule has 2 rings (SSSR count). The molecule has 3 N–H and O–H groups in total. The highest BCUT2D eigenvalue weighted by Gasteiger charge is 2.28. The molecule has 1 fully saturated rings. The molecule has 0 radical (unpaired) electrons. The first-order chi connectivity index (χ1) is 13.4. The highest BCUT2D eigenvalue weighted by Crippen LogP contribution is 2.15. The minimum atomic E-state index is -0.479. The second-order valence-corrected chi connectivity index (χ2v) is 7.27. The Labute approximate surface area is 167 Å². The van der Waals surface area contributed by atoms with Crippen molar-refractivity contribution in [1.82, 2.24) is 15.5 Å². The summed E-state index contributed by atoms with van der Waals surface area (Å²) < 4.78 is 10.0. The maximum Gasteiger partial charge on any atom is 0.411 e. The highest BCUT2D eigenvalue weighted by atomic mass is 16.5. The number of ether oxygens (including phenoxy) is 2. The fourth-order valence-corrected chi connectivity index (χ4v) is 2.95. The molecule has 0 saturated carbocycles. The van der Waals surface area contributed by atoms with Gasteiger partial charge in [-0.3, -0.25) is 10.2 Å². The van der Waals surface area contributed by atoms with E-state index < -0.39 is 6.09 Å². The molecule has 0 aromatic heterocycles. The molecule has 1 aromatic rings. The summed E-state index contributed by atoms with van der Waals surface area (Å²) in [4.78, 5) is 18.4. The lowest BCUT2D eigenvalue weighted by atomic mass is 10.0. The van der Waals surface area contributed by atoms with Crippen molar-refractivity contribution in [3.05, 3.63) is 29.8 Å². The lowest BCUT2D eigenvalue weighted by molar-refractivity contribution is -0.00834. The van der Waals surface area contributed by atoms with Crippen molar-refractivity contribution < 1.29 is 14.3 Å². The smallest absolute Gasteiger partial charge is 0.411 e. The largest absolute Gasteiger partial charge is 0.453 e. The van der Waals surface area contributed by atoms with Crippen LogP contribution in [0.2, 0.25) is 0 Å². The second-order valence-electron chi connectivity index (χ2n) is 7.27. The van der Waals surface area contributed by atoms with E-state index in [0.717, 1.165) is 50.9 Å². The number of benzene rings is 1. The van der Waals surface area contributed by atoms with E-state index >= 15 is 0 Å². The number of carbonyl (C=O) groups excluding carboxylic acids is 1. The number of carbonyl (C=O) groups is 1. The number of methoxy groups -OCH3 is 1. The third kappa shape index (κ3) is 7.01. The van der Waals surface area contributed by atoms with Crippen LogP contribution in [-0.2, 0) is 16.0 Å². The maximum atomic E-state index is 11.2. The van der Waals surface area contributed by atoms with Gasteiger partial charge in [-0.05, 0) is 38.5 Å². The fourth-order valence-electron chi connectivity index (χ4n) is 2.95. The zero-order chi connectivity index (χ0) is 20.4. The van der Waals surface area contributed by atoms with Gasteiger partial charge in [-0.15, -0.1) is 0 Å². The van der Waals surface area contributed by atoms with Gasteiger partial charge >= 0.3 is 6.09 Å². The highest BCUT2D eigenvalue weighted by molar-refractivity contribution is 5.84. The lowest BCUT2D eigenvalue weighted by Crippen LogP contribution is -2.56. The van der Waals surface area contributed by atoms with Gasteiger partial charge in [0.25, 0.3) is 0 Å². The average molecular weight is 392 g/mol. The summed E-state index contributed by atoms with van der Waals surface area (Å²) in [6.45, 7) is 12.2. The zero-order valence-electron chi connectivity index (χ0n) is 17.4. The molecule has 156 valence electrons. The van der Waals surface area contributed by atoms with E-state index in [9.17, 15) is 4.79 Å². The van der Waals surface area contributed by atoms with Crippen LogP contribution in [0.15, 0.2) is 29.3 Å². The van der Waals surface area contributed by atoms with Crippen LogP contribution in [-0.4, -0.2) is 69.0 Å². The monoisotopic (exact) mass is 391 g/mol. The Hall–Kier alpha value is -2.32. The van der Waals surface area contributed by atoms with Crippen molar-refractivity contribution >= 4 is 17.7 Å². The summed E-state index contributed by atoms with van der Waals surface area (Å²) >= 11 is 0. The van der Waals surface area contributed by atoms with E-state index in [-0.39, 0.29) is 5.54 Å². The Kier molecular flexibility index (Phi) is 8.53. The summed E-state index contributed by atoms with van der Waals surface area (Å²) in [7, 11) is 1.34.